The van der Waals surface area contributed by atoms with Crippen LogP contribution in [0.15, 0.2) is 24.3 Å². The highest BCUT2D eigenvalue weighted by atomic mass is 16.2. The normalized spacial score (nSPS) is 23.0. The van der Waals surface area contributed by atoms with E-state index >= 15 is 0 Å². The predicted octanol–water partition coefficient (Wildman–Crippen LogP) is 3.40. The number of carbonyl (C=O) groups excluding carboxylic acids is 1. The number of aryl methyl sites for hydroxylation is 1. The van der Waals surface area contributed by atoms with E-state index in [0.29, 0.717) is 5.91 Å². The van der Waals surface area contributed by atoms with Crippen molar-refractivity contribution >= 4 is 5.91 Å². The van der Waals surface area contributed by atoms with E-state index in [1.807, 2.05) is 0 Å². The second kappa shape index (κ2) is 5.80. The van der Waals surface area contributed by atoms with Gasteiger partial charge in [-0.05, 0) is 36.8 Å². The first-order valence-corrected chi connectivity index (χ1v) is 8.38. The number of nitrogens with one attached hydrogen (secondary N) is 1. The highest BCUT2D eigenvalue weighted by Crippen LogP contribution is 2.46. The predicted molar refractivity (Wildman–Crippen MR) is 84.9 cm³/mol. The average Bonchev–Trinajstić information content (AvgIpc) is 3.25. The summed E-state index contributed by atoms with van der Waals surface area (Å²) >= 11 is 0. The molecule has 1 saturated carbocycles. The summed E-state index contributed by atoms with van der Waals surface area (Å²) in [5.74, 6) is 0.322. The van der Waals surface area contributed by atoms with Crippen molar-refractivity contribution in [2.45, 2.75) is 64.1 Å². The molecule has 1 aliphatic carbocycles. The van der Waals surface area contributed by atoms with Crippen LogP contribution in [0.4, 0.5) is 0 Å². The van der Waals surface area contributed by atoms with Gasteiger partial charge < -0.3 is 4.90 Å². The third-order valence-corrected chi connectivity index (χ3v) is 4.85. The fourth-order valence-electron chi connectivity index (χ4n) is 3.24. The molecule has 1 atom stereocenters. The monoisotopic (exact) mass is 286 g/mol. The zero-order chi connectivity index (χ0) is 14.9. The number of carbonyl (C=O) groups is 1. The Morgan fingerprint density at radius 2 is 1.90 bits per heavy atom. The van der Waals surface area contributed by atoms with Crippen LogP contribution < -0.4 is 5.32 Å². The summed E-state index contributed by atoms with van der Waals surface area (Å²) in [4.78, 5) is 14.7. The Balaban J connectivity index is 1.78. The lowest BCUT2D eigenvalue weighted by molar-refractivity contribution is -0.130. The van der Waals surface area contributed by atoms with Gasteiger partial charge in [0.15, 0.2) is 0 Å². The van der Waals surface area contributed by atoms with Crippen LogP contribution in [0.1, 0.15) is 63.2 Å². The van der Waals surface area contributed by atoms with Crippen LogP contribution in [0, 0.1) is 0 Å². The van der Waals surface area contributed by atoms with Gasteiger partial charge in [-0.15, -0.1) is 0 Å². The zero-order valence-corrected chi connectivity index (χ0v) is 13.2. The minimum atomic E-state index is -0.222. The van der Waals surface area contributed by atoms with Crippen molar-refractivity contribution < 1.29 is 4.79 Å². The molecule has 1 heterocycles. The molecule has 1 aliphatic heterocycles. The first kappa shape index (κ1) is 14.6. The summed E-state index contributed by atoms with van der Waals surface area (Å²) in [5.41, 5.74) is 2.35. The van der Waals surface area contributed by atoms with Gasteiger partial charge in [-0.25, -0.2) is 0 Å². The van der Waals surface area contributed by atoms with Crippen LogP contribution in [0.2, 0.25) is 0 Å². The van der Waals surface area contributed by atoms with E-state index in [4.69, 9.17) is 0 Å². The van der Waals surface area contributed by atoms with E-state index in [1.165, 1.54) is 24.0 Å². The maximum Gasteiger partial charge on any atom is 0.244 e. The van der Waals surface area contributed by atoms with Crippen molar-refractivity contribution in [3.63, 3.8) is 0 Å². The zero-order valence-electron chi connectivity index (χ0n) is 13.2. The lowest BCUT2D eigenvalue weighted by atomic mass is 10.1. The first-order chi connectivity index (χ1) is 10.2. The first-order valence-electron chi connectivity index (χ1n) is 8.38. The molecule has 114 valence electrons. The second-order valence-electron chi connectivity index (χ2n) is 6.43. The lowest BCUT2D eigenvalue weighted by Crippen LogP contribution is -2.33. The van der Waals surface area contributed by atoms with Gasteiger partial charge in [0, 0.05) is 6.54 Å². The van der Waals surface area contributed by atoms with E-state index in [-0.39, 0.29) is 11.7 Å². The average molecular weight is 286 g/mol. The minimum Gasteiger partial charge on any atom is -0.321 e. The number of amides is 1. The maximum absolute atomic E-state index is 12.7. The summed E-state index contributed by atoms with van der Waals surface area (Å²) in [6, 6.07) is 8.73. The molecule has 1 amide bonds. The third kappa shape index (κ3) is 2.71. The molecule has 0 aromatic heterocycles. The largest absolute Gasteiger partial charge is 0.321 e. The van der Waals surface area contributed by atoms with E-state index in [9.17, 15) is 4.79 Å². The third-order valence-electron chi connectivity index (χ3n) is 4.85. The maximum atomic E-state index is 12.7. The van der Waals surface area contributed by atoms with Gasteiger partial charge in [0.25, 0.3) is 0 Å². The topological polar surface area (TPSA) is 32.3 Å². The fourth-order valence-corrected chi connectivity index (χ4v) is 3.24. The van der Waals surface area contributed by atoms with Crippen molar-refractivity contribution in [3.05, 3.63) is 35.4 Å². The summed E-state index contributed by atoms with van der Waals surface area (Å²) in [6.45, 7) is 5.25. The molecule has 1 saturated heterocycles. The quantitative estimate of drug-likeness (QED) is 0.813. The van der Waals surface area contributed by atoms with E-state index in [2.05, 4.69) is 48.3 Å². The molecule has 3 heteroatoms. The number of unbranched alkanes of at least 4 members (excludes halogenated alkanes) is 2. The Morgan fingerprint density at radius 1 is 1.19 bits per heavy atom. The molecular weight excluding hydrogens is 260 g/mol. The van der Waals surface area contributed by atoms with Gasteiger partial charge in [-0.3, -0.25) is 10.1 Å². The molecular formula is C18H26N2O. The Hall–Kier alpha value is -1.35. The number of hydrogen-bond donors (Lipinski definition) is 1. The van der Waals surface area contributed by atoms with E-state index in [0.717, 1.165) is 32.2 Å². The summed E-state index contributed by atoms with van der Waals surface area (Å²) in [5, 5.41) is 3.60. The van der Waals surface area contributed by atoms with Gasteiger partial charge in [-0.2, -0.15) is 0 Å². The van der Waals surface area contributed by atoms with Crippen LogP contribution in [0.5, 0.6) is 0 Å². The molecule has 3 nitrogen and oxygen atoms in total. The standard InChI is InChI=1S/C18H26N2O/c1-3-5-6-13-20-16(19-18(11-12-18)17(20)21)15-9-7-14(4-2)8-10-15/h7-10,16,19H,3-6,11-13H2,1-2H3. The van der Waals surface area contributed by atoms with Crippen LogP contribution in [0.25, 0.3) is 0 Å². The fraction of sp³-hybridized carbons (Fsp3) is 0.611. The summed E-state index contributed by atoms with van der Waals surface area (Å²) in [7, 11) is 0. The molecule has 1 unspecified atom stereocenters. The van der Waals surface area contributed by atoms with Gasteiger partial charge >= 0.3 is 0 Å². The molecule has 1 N–H and O–H groups in total. The van der Waals surface area contributed by atoms with E-state index < -0.39 is 0 Å². The second-order valence-corrected chi connectivity index (χ2v) is 6.43. The molecule has 1 aromatic carbocycles. The van der Waals surface area contributed by atoms with E-state index in [1.54, 1.807) is 0 Å². The van der Waals surface area contributed by atoms with Crippen LogP contribution in [-0.4, -0.2) is 22.9 Å². The molecule has 1 spiro atoms. The Kier molecular flexibility index (Phi) is 4.03. The Morgan fingerprint density at radius 3 is 2.48 bits per heavy atom. The van der Waals surface area contributed by atoms with Crippen molar-refractivity contribution in [2.75, 3.05) is 6.54 Å². The molecule has 3 rings (SSSR count). The van der Waals surface area contributed by atoms with Crippen LogP contribution in [0.3, 0.4) is 0 Å². The molecule has 2 aliphatic rings. The number of hydrogen-bond acceptors (Lipinski definition) is 2. The van der Waals surface area contributed by atoms with Crippen molar-refractivity contribution in [2.24, 2.45) is 0 Å². The summed E-state index contributed by atoms with van der Waals surface area (Å²) < 4.78 is 0. The number of nitrogens with zero attached hydrogens (tertiary/aromatic N) is 1. The van der Waals surface area contributed by atoms with Crippen molar-refractivity contribution in [3.8, 4) is 0 Å². The molecule has 0 bridgehead atoms. The summed E-state index contributed by atoms with van der Waals surface area (Å²) in [6.07, 6.45) is 6.61. The van der Waals surface area contributed by atoms with Crippen LogP contribution >= 0.6 is 0 Å². The molecule has 21 heavy (non-hydrogen) atoms. The molecule has 1 aromatic rings. The van der Waals surface area contributed by atoms with Gasteiger partial charge in [0.2, 0.25) is 5.91 Å². The number of benzene rings is 1. The van der Waals surface area contributed by atoms with Gasteiger partial charge in [0.05, 0.1) is 0 Å². The molecule has 2 fully saturated rings. The Labute approximate surface area is 127 Å². The van der Waals surface area contributed by atoms with Gasteiger partial charge in [-0.1, -0.05) is 51.0 Å². The highest BCUT2D eigenvalue weighted by molar-refractivity contribution is 5.92. The number of rotatable bonds is 6. The molecule has 0 radical (unpaired) electrons. The minimum absolute atomic E-state index is 0.0720. The SMILES string of the molecule is CCCCCN1C(=O)C2(CC2)NC1c1ccc(CC)cc1. The van der Waals surface area contributed by atoms with Gasteiger partial charge in [0.1, 0.15) is 11.7 Å². The van der Waals surface area contributed by atoms with Crippen molar-refractivity contribution in [1.29, 1.82) is 0 Å². The smallest absolute Gasteiger partial charge is 0.244 e. The highest BCUT2D eigenvalue weighted by Gasteiger charge is 2.59. The lowest BCUT2D eigenvalue weighted by Gasteiger charge is -2.24. The Bertz CT molecular complexity index is 504. The van der Waals surface area contributed by atoms with Crippen LogP contribution in [-0.2, 0) is 11.2 Å². The van der Waals surface area contributed by atoms with Crippen molar-refractivity contribution in [1.82, 2.24) is 10.2 Å².